The van der Waals surface area contributed by atoms with Crippen LogP contribution in [-0.2, 0) is 9.53 Å². The number of carbonyl (C=O) groups excluding carboxylic acids is 2. The summed E-state index contributed by atoms with van der Waals surface area (Å²) in [5, 5.41) is 13.4. The van der Waals surface area contributed by atoms with E-state index < -0.39 is 11.7 Å². The Labute approximate surface area is 185 Å². The lowest BCUT2D eigenvalue weighted by Crippen LogP contribution is -2.32. The number of carbonyl (C=O) groups is 2. The fraction of sp³-hybridized carbons (Fsp3) is 0.250. The van der Waals surface area contributed by atoms with E-state index in [0.717, 1.165) is 10.9 Å². The molecule has 0 radical (unpaired) electrons. The average molecular weight is 434 g/mol. The Hall–Kier alpha value is -3.94. The standard InChI is InChI=1S/C24H26N4O4/c1-24(2,3)32-23(31)25-14-7-6-13-20(29)26-17-10-8-9-16(15-17)21-18-11-4-5-12-19(18)22(30)28-27-21/h4-6,8-13,15H,7,14H2,1-3H3,(H,25,31)(H,26,29)(H,28,30). The Kier molecular flexibility index (Phi) is 7.04. The van der Waals surface area contributed by atoms with Gasteiger partial charge in [0.1, 0.15) is 5.60 Å². The third-order valence-electron chi connectivity index (χ3n) is 4.35. The van der Waals surface area contributed by atoms with Crippen molar-refractivity contribution in [2.75, 3.05) is 11.9 Å². The highest BCUT2D eigenvalue weighted by Gasteiger charge is 2.15. The molecule has 0 aliphatic rings. The molecule has 0 unspecified atom stereocenters. The summed E-state index contributed by atoms with van der Waals surface area (Å²) in [6.45, 7) is 5.74. The lowest BCUT2D eigenvalue weighted by atomic mass is 10.0. The molecule has 0 bridgehead atoms. The van der Waals surface area contributed by atoms with E-state index in [1.54, 1.807) is 57.2 Å². The van der Waals surface area contributed by atoms with Gasteiger partial charge in [-0.3, -0.25) is 9.59 Å². The summed E-state index contributed by atoms with van der Waals surface area (Å²) in [5.41, 5.74) is 1.19. The summed E-state index contributed by atoms with van der Waals surface area (Å²) in [4.78, 5) is 35.8. The monoisotopic (exact) mass is 434 g/mol. The number of alkyl carbamates (subject to hydrolysis) is 1. The van der Waals surface area contributed by atoms with Crippen molar-refractivity contribution in [1.82, 2.24) is 15.5 Å². The molecule has 0 aliphatic heterocycles. The molecule has 0 aliphatic carbocycles. The van der Waals surface area contributed by atoms with Gasteiger partial charge < -0.3 is 15.4 Å². The van der Waals surface area contributed by atoms with Gasteiger partial charge in [0, 0.05) is 23.2 Å². The average Bonchev–Trinajstić information content (AvgIpc) is 2.73. The number of benzene rings is 2. The molecule has 0 atom stereocenters. The molecule has 3 aromatic rings. The molecular weight excluding hydrogens is 408 g/mol. The molecule has 166 valence electrons. The van der Waals surface area contributed by atoms with Crippen molar-refractivity contribution in [3.05, 3.63) is 71.0 Å². The van der Waals surface area contributed by atoms with E-state index in [0.29, 0.717) is 29.7 Å². The Morgan fingerprint density at radius 2 is 1.84 bits per heavy atom. The van der Waals surface area contributed by atoms with Gasteiger partial charge in [-0.1, -0.05) is 36.4 Å². The van der Waals surface area contributed by atoms with Crippen LogP contribution in [0.25, 0.3) is 22.0 Å². The van der Waals surface area contributed by atoms with E-state index in [4.69, 9.17) is 4.74 Å². The van der Waals surface area contributed by atoms with Gasteiger partial charge >= 0.3 is 6.09 Å². The number of fused-ring (bicyclic) bond motifs is 1. The van der Waals surface area contributed by atoms with Crippen molar-refractivity contribution in [1.29, 1.82) is 0 Å². The zero-order chi connectivity index (χ0) is 23.1. The third kappa shape index (κ3) is 6.28. The van der Waals surface area contributed by atoms with Crippen molar-refractivity contribution in [3.8, 4) is 11.3 Å². The largest absolute Gasteiger partial charge is 0.444 e. The number of aromatic nitrogens is 2. The fourth-order valence-electron chi connectivity index (χ4n) is 3.03. The highest BCUT2D eigenvalue weighted by molar-refractivity contribution is 6.00. The Morgan fingerprint density at radius 3 is 2.59 bits per heavy atom. The van der Waals surface area contributed by atoms with Crippen LogP contribution in [0, 0.1) is 0 Å². The number of amides is 2. The highest BCUT2D eigenvalue weighted by Crippen LogP contribution is 2.26. The van der Waals surface area contributed by atoms with Crippen LogP contribution in [0.15, 0.2) is 65.5 Å². The first-order chi connectivity index (χ1) is 15.2. The van der Waals surface area contributed by atoms with Gasteiger partial charge in [-0.15, -0.1) is 0 Å². The van der Waals surface area contributed by atoms with Crippen LogP contribution in [0.3, 0.4) is 0 Å². The number of rotatable bonds is 6. The molecule has 2 aromatic carbocycles. The molecular formula is C24H26N4O4. The number of nitrogens with zero attached hydrogens (tertiary/aromatic N) is 1. The van der Waals surface area contributed by atoms with E-state index in [1.807, 2.05) is 18.2 Å². The number of H-pyrrole nitrogens is 1. The first-order valence-corrected chi connectivity index (χ1v) is 10.3. The van der Waals surface area contributed by atoms with Crippen LogP contribution < -0.4 is 16.2 Å². The van der Waals surface area contributed by atoms with E-state index in [-0.39, 0.29) is 11.5 Å². The Balaban J connectivity index is 1.60. The molecule has 0 fully saturated rings. The summed E-state index contributed by atoms with van der Waals surface area (Å²) in [6, 6.07) is 14.5. The molecule has 3 N–H and O–H groups in total. The maximum Gasteiger partial charge on any atom is 0.407 e. The van der Waals surface area contributed by atoms with E-state index in [9.17, 15) is 14.4 Å². The van der Waals surface area contributed by atoms with Gasteiger partial charge in [-0.05, 0) is 51.5 Å². The summed E-state index contributed by atoms with van der Waals surface area (Å²) >= 11 is 0. The van der Waals surface area contributed by atoms with Crippen molar-refractivity contribution >= 4 is 28.5 Å². The van der Waals surface area contributed by atoms with Crippen molar-refractivity contribution in [3.63, 3.8) is 0 Å². The molecule has 0 spiro atoms. The zero-order valence-electron chi connectivity index (χ0n) is 18.3. The van der Waals surface area contributed by atoms with E-state index >= 15 is 0 Å². The minimum atomic E-state index is -0.550. The van der Waals surface area contributed by atoms with Gasteiger partial charge in [0.2, 0.25) is 5.91 Å². The van der Waals surface area contributed by atoms with Crippen LogP contribution in [-0.4, -0.2) is 34.3 Å². The Bertz CT molecular complexity index is 1210. The summed E-state index contributed by atoms with van der Waals surface area (Å²) in [7, 11) is 0. The molecule has 1 aromatic heterocycles. The molecule has 0 saturated heterocycles. The number of aromatic amines is 1. The lowest BCUT2D eigenvalue weighted by Gasteiger charge is -2.19. The molecule has 2 amide bonds. The normalized spacial score (nSPS) is 11.5. The van der Waals surface area contributed by atoms with Crippen molar-refractivity contribution in [2.24, 2.45) is 0 Å². The predicted octanol–water partition coefficient (Wildman–Crippen LogP) is 4.00. The van der Waals surface area contributed by atoms with Gasteiger partial charge in [0.15, 0.2) is 0 Å². The minimum Gasteiger partial charge on any atom is -0.444 e. The molecule has 8 heteroatoms. The van der Waals surface area contributed by atoms with Crippen LogP contribution >= 0.6 is 0 Å². The molecule has 3 rings (SSSR count). The summed E-state index contributed by atoms with van der Waals surface area (Å²) in [5.74, 6) is -0.293. The second-order valence-electron chi connectivity index (χ2n) is 8.14. The van der Waals surface area contributed by atoms with Gasteiger partial charge in [0.25, 0.3) is 5.56 Å². The van der Waals surface area contributed by atoms with Gasteiger partial charge in [-0.2, -0.15) is 5.10 Å². The number of nitrogens with one attached hydrogen (secondary N) is 3. The molecule has 32 heavy (non-hydrogen) atoms. The van der Waals surface area contributed by atoms with Gasteiger partial charge in [-0.25, -0.2) is 9.89 Å². The highest BCUT2D eigenvalue weighted by atomic mass is 16.6. The number of anilines is 1. The predicted molar refractivity (Wildman–Crippen MR) is 124 cm³/mol. The van der Waals surface area contributed by atoms with Crippen LogP contribution in [0.2, 0.25) is 0 Å². The zero-order valence-corrected chi connectivity index (χ0v) is 18.3. The first kappa shape index (κ1) is 22.7. The maximum atomic E-state index is 12.2. The SMILES string of the molecule is CC(C)(C)OC(=O)NCCC=CC(=O)Nc1cccc(-c2n[nH]c(=O)c3ccccc23)c1. The smallest absolute Gasteiger partial charge is 0.407 e. The second-order valence-corrected chi connectivity index (χ2v) is 8.14. The van der Waals surface area contributed by atoms with Crippen molar-refractivity contribution in [2.45, 2.75) is 32.8 Å². The fourth-order valence-corrected chi connectivity index (χ4v) is 3.03. The van der Waals surface area contributed by atoms with Crippen LogP contribution in [0.5, 0.6) is 0 Å². The third-order valence-corrected chi connectivity index (χ3v) is 4.35. The quantitative estimate of drug-likeness (QED) is 0.401. The minimum absolute atomic E-state index is 0.250. The maximum absolute atomic E-state index is 12.2. The number of hydrogen-bond acceptors (Lipinski definition) is 5. The topological polar surface area (TPSA) is 113 Å². The van der Waals surface area contributed by atoms with E-state index in [2.05, 4.69) is 20.8 Å². The first-order valence-electron chi connectivity index (χ1n) is 10.3. The molecule has 8 nitrogen and oxygen atoms in total. The second kappa shape index (κ2) is 9.91. The molecule has 0 saturated carbocycles. The van der Waals surface area contributed by atoms with E-state index in [1.165, 1.54) is 6.08 Å². The van der Waals surface area contributed by atoms with Crippen molar-refractivity contribution < 1.29 is 14.3 Å². The van der Waals surface area contributed by atoms with Crippen LogP contribution in [0.4, 0.5) is 10.5 Å². The number of ether oxygens (including phenoxy) is 1. The van der Waals surface area contributed by atoms with Crippen LogP contribution in [0.1, 0.15) is 27.2 Å². The summed E-state index contributed by atoms with van der Waals surface area (Å²) < 4.78 is 5.15. The Morgan fingerprint density at radius 1 is 1.09 bits per heavy atom. The van der Waals surface area contributed by atoms with Gasteiger partial charge in [0.05, 0.1) is 11.1 Å². The lowest BCUT2D eigenvalue weighted by molar-refractivity contribution is -0.111. The molecule has 1 heterocycles. The summed E-state index contributed by atoms with van der Waals surface area (Å²) in [6.07, 6.45) is 3.08. The number of hydrogen-bond donors (Lipinski definition) is 3.